The fraction of sp³-hybridized carbons (Fsp3) is 0.562. The number of rotatable bonds is 2. The summed E-state index contributed by atoms with van der Waals surface area (Å²) in [6.07, 6.45) is 0. The van der Waals surface area contributed by atoms with Crippen molar-refractivity contribution in [2.24, 2.45) is 5.92 Å². The summed E-state index contributed by atoms with van der Waals surface area (Å²) in [5.74, 6) is 2.46. The van der Waals surface area contributed by atoms with E-state index in [0.717, 1.165) is 18.6 Å². The Hall–Kier alpha value is -1.35. The van der Waals surface area contributed by atoms with Crippen LogP contribution in [0.5, 0.6) is 0 Å². The van der Waals surface area contributed by atoms with E-state index in [1.807, 2.05) is 0 Å². The van der Waals surface area contributed by atoms with E-state index in [4.69, 9.17) is 4.98 Å². The van der Waals surface area contributed by atoms with Crippen LogP contribution in [0.2, 0.25) is 0 Å². The van der Waals surface area contributed by atoms with Crippen LogP contribution < -0.4 is 5.32 Å². The van der Waals surface area contributed by atoms with Crippen LogP contribution in [0.15, 0.2) is 18.2 Å². The monoisotopic (exact) mass is 257 g/mol. The molecule has 2 heterocycles. The molecular weight excluding hydrogens is 234 g/mol. The Kier molecular flexibility index (Phi) is 3.09. The fourth-order valence-electron chi connectivity index (χ4n) is 3.19. The van der Waals surface area contributed by atoms with Crippen molar-refractivity contribution < 1.29 is 0 Å². The molecule has 1 N–H and O–H groups in total. The van der Waals surface area contributed by atoms with Gasteiger partial charge in [0.05, 0.1) is 11.0 Å². The van der Waals surface area contributed by atoms with E-state index >= 15 is 0 Å². The lowest BCUT2D eigenvalue weighted by molar-refractivity contribution is 0.492. The highest BCUT2D eigenvalue weighted by Crippen LogP contribution is 2.32. The number of imidazole rings is 1. The maximum absolute atomic E-state index is 4.95. The van der Waals surface area contributed by atoms with Crippen LogP contribution in [0, 0.1) is 12.8 Å². The Morgan fingerprint density at radius 3 is 2.74 bits per heavy atom. The number of fused-ring (bicyclic) bond motifs is 1. The van der Waals surface area contributed by atoms with E-state index in [2.05, 4.69) is 55.8 Å². The smallest absolute Gasteiger partial charge is 0.114 e. The summed E-state index contributed by atoms with van der Waals surface area (Å²) in [6.45, 7) is 11.1. The molecule has 3 heteroatoms. The van der Waals surface area contributed by atoms with Crippen LogP contribution >= 0.6 is 0 Å². The molecule has 0 aliphatic carbocycles. The molecule has 0 amide bonds. The summed E-state index contributed by atoms with van der Waals surface area (Å²) in [5.41, 5.74) is 3.70. The molecule has 2 aromatic rings. The molecule has 0 unspecified atom stereocenters. The molecule has 0 spiro atoms. The van der Waals surface area contributed by atoms with Gasteiger partial charge in [0.15, 0.2) is 0 Å². The highest BCUT2D eigenvalue weighted by atomic mass is 15.1. The second kappa shape index (κ2) is 4.64. The van der Waals surface area contributed by atoms with Gasteiger partial charge >= 0.3 is 0 Å². The number of nitrogens with one attached hydrogen (secondary N) is 1. The number of hydrogen-bond donors (Lipinski definition) is 1. The Morgan fingerprint density at radius 1 is 1.32 bits per heavy atom. The molecule has 1 aliphatic rings. The maximum atomic E-state index is 4.95. The van der Waals surface area contributed by atoms with E-state index in [1.54, 1.807) is 0 Å². The van der Waals surface area contributed by atoms with Crippen molar-refractivity contribution in [2.75, 3.05) is 13.1 Å². The van der Waals surface area contributed by atoms with Crippen LogP contribution in [0.25, 0.3) is 11.0 Å². The number of hydrogen-bond acceptors (Lipinski definition) is 2. The topological polar surface area (TPSA) is 29.9 Å². The highest BCUT2D eigenvalue weighted by molar-refractivity contribution is 5.77. The lowest BCUT2D eigenvalue weighted by Crippen LogP contribution is -2.16. The average Bonchev–Trinajstić information content (AvgIpc) is 2.91. The molecule has 102 valence electrons. The van der Waals surface area contributed by atoms with Crippen molar-refractivity contribution in [2.45, 2.75) is 39.7 Å². The molecule has 19 heavy (non-hydrogen) atoms. The van der Waals surface area contributed by atoms with E-state index in [1.165, 1.54) is 16.9 Å². The first-order valence-corrected chi connectivity index (χ1v) is 7.27. The molecule has 3 rings (SSSR count). The zero-order valence-corrected chi connectivity index (χ0v) is 12.3. The van der Waals surface area contributed by atoms with Crippen LogP contribution in [0.3, 0.4) is 0 Å². The van der Waals surface area contributed by atoms with Gasteiger partial charge in [0.1, 0.15) is 5.82 Å². The number of nitrogens with zero attached hydrogens (tertiary/aromatic N) is 2. The van der Waals surface area contributed by atoms with Crippen molar-refractivity contribution >= 4 is 11.0 Å². The van der Waals surface area contributed by atoms with Gasteiger partial charge < -0.3 is 9.88 Å². The molecule has 1 fully saturated rings. The minimum Gasteiger partial charge on any atom is -0.325 e. The van der Waals surface area contributed by atoms with Crippen molar-refractivity contribution in [3.63, 3.8) is 0 Å². The van der Waals surface area contributed by atoms with Gasteiger partial charge in [-0.15, -0.1) is 0 Å². The van der Waals surface area contributed by atoms with Crippen LogP contribution in [0.1, 0.15) is 44.1 Å². The predicted molar refractivity (Wildman–Crippen MR) is 79.6 cm³/mol. The third-order valence-corrected chi connectivity index (χ3v) is 4.24. The SMILES string of the molecule is Cc1ccc2c(c1)nc([C@@H]1CNC[C@H]1C)n2C(C)C. The summed E-state index contributed by atoms with van der Waals surface area (Å²) >= 11 is 0. The number of aryl methyl sites for hydroxylation is 1. The fourth-order valence-corrected chi connectivity index (χ4v) is 3.19. The van der Waals surface area contributed by atoms with Crippen LogP contribution in [-0.4, -0.2) is 22.6 Å². The van der Waals surface area contributed by atoms with Crippen LogP contribution in [0.4, 0.5) is 0 Å². The summed E-state index contributed by atoms with van der Waals surface area (Å²) in [4.78, 5) is 4.95. The Morgan fingerprint density at radius 2 is 2.11 bits per heavy atom. The molecule has 2 atom stereocenters. The van der Waals surface area contributed by atoms with Gasteiger partial charge in [0, 0.05) is 18.5 Å². The van der Waals surface area contributed by atoms with Gasteiger partial charge in [-0.1, -0.05) is 13.0 Å². The van der Waals surface area contributed by atoms with Crippen molar-refractivity contribution in [3.05, 3.63) is 29.6 Å². The predicted octanol–water partition coefficient (Wildman–Crippen LogP) is 3.25. The van der Waals surface area contributed by atoms with Crippen LogP contribution in [-0.2, 0) is 0 Å². The van der Waals surface area contributed by atoms with E-state index < -0.39 is 0 Å². The van der Waals surface area contributed by atoms with Gasteiger partial charge in [0.25, 0.3) is 0 Å². The van der Waals surface area contributed by atoms with Gasteiger partial charge in [-0.2, -0.15) is 0 Å². The second-order valence-corrected chi connectivity index (χ2v) is 6.17. The van der Waals surface area contributed by atoms with Gasteiger partial charge in [-0.3, -0.25) is 0 Å². The number of benzene rings is 1. The molecular formula is C16H23N3. The zero-order valence-electron chi connectivity index (χ0n) is 12.3. The summed E-state index contributed by atoms with van der Waals surface area (Å²) < 4.78 is 2.42. The van der Waals surface area contributed by atoms with Gasteiger partial charge in [0.2, 0.25) is 0 Å². The van der Waals surface area contributed by atoms with Crippen molar-refractivity contribution in [1.82, 2.24) is 14.9 Å². The first-order chi connectivity index (χ1) is 9.08. The molecule has 1 aromatic heterocycles. The third kappa shape index (κ3) is 2.06. The molecule has 1 aliphatic heterocycles. The van der Waals surface area contributed by atoms with E-state index in [-0.39, 0.29) is 0 Å². The summed E-state index contributed by atoms with van der Waals surface area (Å²) in [7, 11) is 0. The molecule has 0 saturated carbocycles. The average molecular weight is 257 g/mol. The van der Waals surface area contributed by atoms with Gasteiger partial charge in [-0.05, 0) is 50.9 Å². The molecule has 0 bridgehead atoms. The summed E-state index contributed by atoms with van der Waals surface area (Å²) in [6, 6.07) is 7.05. The largest absolute Gasteiger partial charge is 0.325 e. The lowest BCUT2D eigenvalue weighted by atomic mass is 9.97. The molecule has 0 radical (unpaired) electrons. The molecule has 1 saturated heterocycles. The first kappa shape index (κ1) is 12.7. The summed E-state index contributed by atoms with van der Waals surface area (Å²) in [5, 5.41) is 3.49. The molecule has 3 nitrogen and oxygen atoms in total. The Balaban J connectivity index is 2.19. The highest BCUT2D eigenvalue weighted by Gasteiger charge is 2.30. The quantitative estimate of drug-likeness (QED) is 0.895. The normalized spacial score (nSPS) is 23.6. The standard InChI is InChI=1S/C16H23N3/c1-10(2)19-15-6-5-11(3)7-14(15)18-16(19)13-9-17-8-12(13)4/h5-7,10,12-13,17H,8-9H2,1-4H3/t12-,13-/m1/s1. The van der Waals surface area contributed by atoms with E-state index in [9.17, 15) is 0 Å². The van der Waals surface area contributed by atoms with Crippen molar-refractivity contribution in [3.8, 4) is 0 Å². The lowest BCUT2D eigenvalue weighted by Gasteiger charge is -2.19. The van der Waals surface area contributed by atoms with Gasteiger partial charge in [-0.25, -0.2) is 4.98 Å². The third-order valence-electron chi connectivity index (χ3n) is 4.24. The second-order valence-electron chi connectivity index (χ2n) is 6.17. The van der Waals surface area contributed by atoms with E-state index in [0.29, 0.717) is 17.9 Å². The first-order valence-electron chi connectivity index (χ1n) is 7.27. The Bertz CT molecular complexity index is 597. The minimum absolute atomic E-state index is 0.454. The maximum Gasteiger partial charge on any atom is 0.114 e. The molecule has 1 aromatic carbocycles. The minimum atomic E-state index is 0.454. The number of aromatic nitrogens is 2. The Labute approximate surface area is 115 Å². The van der Waals surface area contributed by atoms with Crippen molar-refractivity contribution in [1.29, 1.82) is 0 Å². The zero-order chi connectivity index (χ0) is 13.6.